The third-order valence-corrected chi connectivity index (χ3v) is 5.27. The van der Waals surface area contributed by atoms with E-state index in [1.165, 1.54) is 24.3 Å². The number of rotatable bonds is 4. The first kappa shape index (κ1) is 19.4. The molecular weight excluding hydrogens is 395 g/mol. The van der Waals surface area contributed by atoms with Gasteiger partial charge in [-0.3, -0.25) is 4.90 Å². The van der Waals surface area contributed by atoms with Crippen molar-refractivity contribution < 1.29 is 13.9 Å². The number of nitrogens with zero attached hydrogens (tertiary/aromatic N) is 4. The molecule has 1 atom stereocenters. The molecule has 1 aliphatic rings. The molecule has 0 radical (unpaired) electrons. The predicted octanol–water partition coefficient (Wildman–Crippen LogP) is 4.76. The zero-order valence-electron chi connectivity index (χ0n) is 15.9. The zero-order chi connectivity index (χ0) is 20.4. The van der Waals surface area contributed by atoms with Crippen LogP contribution in [0.3, 0.4) is 0 Å². The van der Waals surface area contributed by atoms with Crippen LogP contribution < -0.4 is 4.74 Å². The lowest BCUT2D eigenvalue weighted by Gasteiger charge is -2.24. The Morgan fingerprint density at radius 2 is 1.90 bits per heavy atom. The standard InChI is InChI=1S/C21H20ClFN4O2/c1-14-24-25-20(27(14)13-15-4-6-16(22)7-5-15)19-3-2-12-26(19)21(28)29-18-10-8-17(23)9-11-18/h4-11,19H,2-3,12-13H2,1H3. The van der Waals surface area contributed by atoms with Crippen molar-refractivity contribution in [1.82, 2.24) is 19.7 Å². The van der Waals surface area contributed by atoms with E-state index in [0.29, 0.717) is 23.9 Å². The Hall–Kier alpha value is -2.93. The van der Waals surface area contributed by atoms with Crippen molar-refractivity contribution in [1.29, 1.82) is 0 Å². The van der Waals surface area contributed by atoms with Crippen LogP contribution in [-0.2, 0) is 6.54 Å². The highest BCUT2D eigenvalue weighted by Gasteiger charge is 2.35. The number of aromatic nitrogens is 3. The second-order valence-corrected chi connectivity index (χ2v) is 7.43. The number of ether oxygens (including phenoxy) is 1. The highest BCUT2D eigenvalue weighted by molar-refractivity contribution is 6.30. The molecule has 1 unspecified atom stereocenters. The Morgan fingerprint density at radius 3 is 2.62 bits per heavy atom. The summed E-state index contributed by atoms with van der Waals surface area (Å²) in [5, 5.41) is 9.26. The van der Waals surface area contributed by atoms with Crippen molar-refractivity contribution in [2.45, 2.75) is 32.4 Å². The summed E-state index contributed by atoms with van der Waals surface area (Å²) in [6, 6.07) is 12.8. The molecule has 0 bridgehead atoms. The third kappa shape index (κ3) is 4.24. The van der Waals surface area contributed by atoms with Gasteiger partial charge >= 0.3 is 6.09 Å². The number of hydrogen-bond acceptors (Lipinski definition) is 4. The molecule has 29 heavy (non-hydrogen) atoms. The van der Waals surface area contributed by atoms with Gasteiger partial charge in [-0.25, -0.2) is 9.18 Å². The molecule has 2 heterocycles. The molecule has 150 valence electrons. The van der Waals surface area contributed by atoms with Gasteiger partial charge in [0.1, 0.15) is 17.4 Å². The number of halogens is 2. The minimum Gasteiger partial charge on any atom is -0.410 e. The molecule has 8 heteroatoms. The second kappa shape index (κ2) is 8.21. The topological polar surface area (TPSA) is 60.3 Å². The van der Waals surface area contributed by atoms with E-state index in [0.717, 1.165) is 30.1 Å². The van der Waals surface area contributed by atoms with Crippen LogP contribution in [0.5, 0.6) is 5.75 Å². The Labute approximate surface area is 172 Å². The first-order valence-electron chi connectivity index (χ1n) is 9.39. The van der Waals surface area contributed by atoms with Crippen LogP contribution in [0.1, 0.15) is 36.1 Å². The maximum atomic E-state index is 13.1. The minimum absolute atomic E-state index is 0.226. The second-order valence-electron chi connectivity index (χ2n) is 6.99. The number of amides is 1. The normalized spacial score (nSPS) is 16.2. The minimum atomic E-state index is -0.474. The van der Waals surface area contributed by atoms with Crippen LogP contribution in [-0.4, -0.2) is 32.3 Å². The van der Waals surface area contributed by atoms with E-state index in [9.17, 15) is 9.18 Å². The van der Waals surface area contributed by atoms with Crippen LogP contribution >= 0.6 is 11.6 Å². The summed E-state index contributed by atoms with van der Waals surface area (Å²) >= 11 is 5.98. The van der Waals surface area contributed by atoms with E-state index in [1.54, 1.807) is 4.90 Å². The van der Waals surface area contributed by atoms with Gasteiger partial charge in [-0.1, -0.05) is 23.7 Å². The van der Waals surface area contributed by atoms with Gasteiger partial charge in [-0.2, -0.15) is 0 Å². The first-order valence-corrected chi connectivity index (χ1v) is 9.77. The van der Waals surface area contributed by atoms with Crippen LogP contribution in [0.15, 0.2) is 48.5 Å². The Morgan fingerprint density at radius 1 is 1.17 bits per heavy atom. The fraction of sp³-hybridized carbons (Fsp3) is 0.286. The lowest BCUT2D eigenvalue weighted by atomic mass is 10.2. The van der Waals surface area contributed by atoms with Gasteiger partial charge in [0.2, 0.25) is 0 Å². The summed E-state index contributed by atoms with van der Waals surface area (Å²) in [6.45, 7) is 3.04. The molecule has 1 aromatic heterocycles. The van der Waals surface area contributed by atoms with Gasteiger partial charge in [0.15, 0.2) is 5.82 Å². The van der Waals surface area contributed by atoms with Gasteiger partial charge in [-0.15, -0.1) is 10.2 Å². The highest BCUT2D eigenvalue weighted by Crippen LogP contribution is 2.32. The van der Waals surface area contributed by atoms with Crippen LogP contribution in [0.25, 0.3) is 0 Å². The van der Waals surface area contributed by atoms with Gasteiger partial charge in [0, 0.05) is 11.6 Å². The molecule has 4 rings (SSSR count). The lowest BCUT2D eigenvalue weighted by Crippen LogP contribution is -2.34. The van der Waals surface area contributed by atoms with E-state index < -0.39 is 6.09 Å². The molecule has 0 saturated carbocycles. The summed E-state index contributed by atoms with van der Waals surface area (Å²) in [6.07, 6.45) is 1.14. The van der Waals surface area contributed by atoms with Crippen LogP contribution in [0.4, 0.5) is 9.18 Å². The smallest absolute Gasteiger partial charge is 0.410 e. The molecular formula is C21H20ClFN4O2. The van der Waals surface area contributed by atoms with Crippen molar-refractivity contribution in [2.75, 3.05) is 6.54 Å². The maximum absolute atomic E-state index is 13.1. The van der Waals surface area contributed by atoms with Crippen molar-refractivity contribution in [3.8, 4) is 5.75 Å². The number of carbonyl (C=O) groups excluding carboxylic acids is 1. The monoisotopic (exact) mass is 414 g/mol. The van der Waals surface area contributed by atoms with Gasteiger partial charge in [-0.05, 0) is 61.7 Å². The van der Waals surface area contributed by atoms with Crippen LogP contribution in [0.2, 0.25) is 5.02 Å². The molecule has 1 fully saturated rings. The zero-order valence-corrected chi connectivity index (χ0v) is 16.6. The molecule has 6 nitrogen and oxygen atoms in total. The quantitative estimate of drug-likeness (QED) is 0.617. The SMILES string of the molecule is Cc1nnc(C2CCCN2C(=O)Oc2ccc(F)cc2)n1Cc1ccc(Cl)cc1. The molecule has 1 aliphatic heterocycles. The van der Waals surface area contributed by atoms with Gasteiger partial charge < -0.3 is 9.30 Å². The Bertz CT molecular complexity index is 1000. The predicted molar refractivity (Wildman–Crippen MR) is 106 cm³/mol. The number of carbonyl (C=O) groups is 1. The fourth-order valence-electron chi connectivity index (χ4n) is 3.53. The summed E-state index contributed by atoms with van der Waals surface area (Å²) < 4.78 is 20.5. The van der Waals surface area contributed by atoms with Crippen molar-refractivity contribution in [3.05, 3.63) is 76.6 Å². The molecule has 1 amide bonds. The van der Waals surface area contributed by atoms with E-state index in [4.69, 9.17) is 16.3 Å². The molecule has 1 saturated heterocycles. The summed E-state index contributed by atoms with van der Waals surface area (Å²) in [5.74, 6) is 1.43. The number of aryl methyl sites for hydroxylation is 1. The Balaban J connectivity index is 1.55. The Kier molecular flexibility index (Phi) is 5.49. The van der Waals surface area contributed by atoms with Gasteiger partial charge in [0.25, 0.3) is 0 Å². The van der Waals surface area contributed by atoms with E-state index in [-0.39, 0.29) is 11.9 Å². The van der Waals surface area contributed by atoms with E-state index in [2.05, 4.69) is 10.2 Å². The summed E-state index contributed by atoms with van der Waals surface area (Å²) in [7, 11) is 0. The summed E-state index contributed by atoms with van der Waals surface area (Å²) in [4.78, 5) is 14.4. The molecule has 3 aromatic rings. The number of hydrogen-bond donors (Lipinski definition) is 0. The molecule has 2 aromatic carbocycles. The molecule has 0 aliphatic carbocycles. The number of benzene rings is 2. The van der Waals surface area contributed by atoms with Crippen LogP contribution in [0, 0.1) is 12.7 Å². The van der Waals surface area contributed by atoms with Crippen molar-refractivity contribution >= 4 is 17.7 Å². The van der Waals surface area contributed by atoms with Gasteiger partial charge in [0.05, 0.1) is 12.6 Å². The van der Waals surface area contributed by atoms with Crippen molar-refractivity contribution in [3.63, 3.8) is 0 Å². The average molecular weight is 415 g/mol. The molecule has 0 N–H and O–H groups in total. The highest BCUT2D eigenvalue weighted by atomic mass is 35.5. The first-order chi connectivity index (χ1) is 14.0. The largest absolute Gasteiger partial charge is 0.415 e. The fourth-order valence-corrected chi connectivity index (χ4v) is 3.65. The lowest BCUT2D eigenvalue weighted by molar-refractivity contribution is 0.144. The number of likely N-dealkylation sites (tertiary alicyclic amines) is 1. The summed E-state index contributed by atoms with van der Waals surface area (Å²) in [5.41, 5.74) is 1.07. The maximum Gasteiger partial charge on any atom is 0.415 e. The van der Waals surface area contributed by atoms with Crippen molar-refractivity contribution in [2.24, 2.45) is 0 Å². The average Bonchev–Trinajstić information content (AvgIpc) is 3.33. The third-order valence-electron chi connectivity index (χ3n) is 5.02. The molecule has 0 spiro atoms. The van der Waals surface area contributed by atoms with E-state index in [1.807, 2.05) is 35.8 Å². The van der Waals surface area contributed by atoms with E-state index >= 15 is 0 Å².